The van der Waals surface area contributed by atoms with Gasteiger partial charge in [-0.3, -0.25) is 4.98 Å². The van der Waals surface area contributed by atoms with Gasteiger partial charge in [-0.2, -0.15) is 5.10 Å². The molecule has 0 saturated carbocycles. The molecule has 8 heteroatoms. The van der Waals surface area contributed by atoms with E-state index in [0.717, 1.165) is 62.8 Å². The molecule has 0 amide bonds. The van der Waals surface area contributed by atoms with Gasteiger partial charge in [-0.05, 0) is 31.5 Å². The minimum absolute atomic E-state index is 0.123. The molecule has 0 bridgehead atoms. The number of pyridine rings is 1. The van der Waals surface area contributed by atoms with E-state index in [9.17, 15) is 0 Å². The topological polar surface area (TPSA) is 76.9 Å². The molecule has 0 radical (unpaired) electrons. The summed E-state index contributed by atoms with van der Waals surface area (Å²) in [5, 5.41) is 9.72. The molecule has 4 aromatic heterocycles. The van der Waals surface area contributed by atoms with Crippen molar-refractivity contribution in [2.75, 3.05) is 18.0 Å². The van der Waals surface area contributed by atoms with E-state index in [1.807, 2.05) is 19.1 Å². The van der Waals surface area contributed by atoms with Gasteiger partial charge in [0.25, 0.3) is 0 Å². The van der Waals surface area contributed by atoms with Crippen molar-refractivity contribution < 1.29 is 4.74 Å². The van der Waals surface area contributed by atoms with Crippen LogP contribution < -0.4 is 9.64 Å². The van der Waals surface area contributed by atoms with Crippen molar-refractivity contribution in [3.05, 3.63) is 42.1 Å². The van der Waals surface area contributed by atoms with Crippen molar-refractivity contribution in [1.29, 1.82) is 0 Å². The van der Waals surface area contributed by atoms with Crippen LogP contribution in [0.1, 0.15) is 17.7 Å². The Morgan fingerprint density at radius 1 is 1.22 bits per heavy atom. The van der Waals surface area contributed by atoms with Crippen molar-refractivity contribution in [3.8, 4) is 5.75 Å². The molecule has 1 saturated heterocycles. The number of rotatable bonds is 3. The van der Waals surface area contributed by atoms with Gasteiger partial charge < -0.3 is 9.64 Å². The number of nitrogens with zero attached hydrogens (tertiary/aromatic N) is 6. The minimum Gasteiger partial charge on any atom is -0.487 e. The quantitative estimate of drug-likeness (QED) is 0.541. The zero-order valence-electron chi connectivity index (χ0n) is 15.1. The fourth-order valence-electron chi connectivity index (χ4n) is 3.52. The summed E-state index contributed by atoms with van der Waals surface area (Å²) in [6.07, 6.45) is 6.22. The maximum atomic E-state index is 6.07. The zero-order valence-corrected chi connectivity index (χ0v) is 15.9. The Balaban J connectivity index is 1.50. The molecular formula is C19H18N6OS. The highest BCUT2D eigenvalue weighted by atomic mass is 32.1. The predicted octanol–water partition coefficient (Wildman–Crippen LogP) is 3.30. The first-order valence-electron chi connectivity index (χ1n) is 8.89. The Kier molecular flexibility index (Phi) is 3.86. The predicted molar refractivity (Wildman–Crippen MR) is 105 cm³/mol. The Labute approximate surface area is 160 Å². The van der Waals surface area contributed by atoms with Crippen LogP contribution in [0.4, 0.5) is 5.82 Å². The highest BCUT2D eigenvalue weighted by Gasteiger charge is 2.28. The maximum Gasteiger partial charge on any atom is 0.150 e. The summed E-state index contributed by atoms with van der Waals surface area (Å²) >= 11 is 1.61. The molecule has 27 heavy (non-hydrogen) atoms. The fraction of sp³-hybridized carbons (Fsp3) is 0.316. The van der Waals surface area contributed by atoms with Crippen LogP contribution >= 0.6 is 11.3 Å². The summed E-state index contributed by atoms with van der Waals surface area (Å²) in [7, 11) is 0. The lowest BCUT2D eigenvalue weighted by Crippen LogP contribution is -2.25. The molecule has 1 atom stereocenters. The van der Waals surface area contributed by atoms with Crippen LogP contribution in [0.2, 0.25) is 0 Å². The molecule has 4 aromatic rings. The monoisotopic (exact) mass is 378 g/mol. The van der Waals surface area contributed by atoms with Crippen LogP contribution in [-0.2, 0) is 0 Å². The SMILES string of the molecule is Cc1nnc2sc3c(N4CC[C@@H](Oc5cccnc5)C4)ncnc3c2c1C. The van der Waals surface area contributed by atoms with E-state index >= 15 is 0 Å². The highest BCUT2D eigenvalue weighted by Crippen LogP contribution is 2.38. The average molecular weight is 378 g/mol. The second-order valence-electron chi connectivity index (χ2n) is 6.73. The largest absolute Gasteiger partial charge is 0.487 e. The van der Waals surface area contributed by atoms with Crippen LogP contribution in [0.15, 0.2) is 30.9 Å². The van der Waals surface area contributed by atoms with Gasteiger partial charge in [0, 0.05) is 24.5 Å². The first-order valence-corrected chi connectivity index (χ1v) is 9.71. The van der Waals surface area contributed by atoms with Crippen molar-refractivity contribution >= 4 is 37.6 Å². The molecule has 0 spiro atoms. The number of thiophene rings is 1. The van der Waals surface area contributed by atoms with Crippen LogP contribution in [0.5, 0.6) is 5.75 Å². The minimum atomic E-state index is 0.123. The third-order valence-corrected chi connectivity index (χ3v) is 6.08. The first-order chi connectivity index (χ1) is 13.2. The Bertz CT molecular complexity index is 1130. The van der Waals surface area contributed by atoms with Crippen LogP contribution in [0.3, 0.4) is 0 Å². The molecule has 0 unspecified atom stereocenters. The lowest BCUT2D eigenvalue weighted by molar-refractivity contribution is 0.224. The van der Waals surface area contributed by atoms with E-state index in [4.69, 9.17) is 4.74 Å². The second kappa shape index (κ2) is 6.38. The molecule has 0 N–H and O–H groups in total. The summed E-state index contributed by atoms with van der Waals surface area (Å²) in [6.45, 7) is 5.75. The number of fused-ring (bicyclic) bond motifs is 3. The zero-order chi connectivity index (χ0) is 18.4. The molecule has 0 aromatic carbocycles. The summed E-state index contributed by atoms with van der Waals surface area (Å²) in [5.74, 6) is 1.76. The van der Waals surface area contributed by atoms with Gasteiger partial charge in [0.1, 0.15) is 28.8 Å². The number of aryl methyl sites for hydroxylation is 2. The van der Waals surface area contributed by atoms with Crippen LogP contribution in [0.25, 0.3) is 20.4 Å². The third kappa shape index (κ3) is 2.76. The standard InChI is InChI=1S/C19H18N6OS/c1-11-12(2)23-24-19-15(11)16-17(27-19)18(22-10-21-16)25-7-5-14(9-25)26-13-4-3-6-20-8-13/h3-4,6,8,10,14H,5,7,9H2,1-2H3/t14-/m1/s1. The van der Waals surface area contributed by atoms with E-state index in [1.54, 1.807) is 30.1 Å². The summed E-state index contributed by atoms with van der Waals surface area (Å²) < 4.78 is 7.13. The molecule has 5 heterocycles. The van der Waals surface area contributed by atoms with E-state index in [0.29, 0.717) is 0 Å². The molecule has 0 aliphatic carbocycles. The molecule has 1 aliphatic heterocycles. The number of hydrogen-bond donors (Lipinski definition) is 0. The lowest BCUT2D eigenvalue weighted by atomic mass is 10.1. The van der Waals surface area contributed by atoms with Gasteiger partial charge >= 0.3 is 0 Å². The second-order valence-corrected chi connectivity index (χ2v) is 7.73. The highest BCUT2D eigenvalue weighted by molar-refractivity contribution is 7.26. The fourth-order valence-corrected chi connectivity index (χ4v) is 4.67. The van der Waals surface area contributed by atoms with Gasteiger partial charge in [0.2, 0.25) is 0 Å². The first kappa shape index (κ1) is 16.3. The lowest BCUT2D eigenvalue weighted by Gasteiger charge is -2.18. The Hall–Kier alpha value is -2.87. The summed E-state index contributed by atoms with van der Waals surface area (Å²) in [5.41, 5.74) is 3.04. The van der Waals surface area contributed by atoms with Crippen molar-refractivity contribution in [2.45, 2.75) is 26.4 Å². The maximum absolute atomic E-state index is 6.07. The van der Waals surface area contributed by atoms with Crippen molar-refractivity contribution in [3.63, 3.8) is 0 Å². The average Bonchev–Trinajstić information content (AvgIpc) is 3.30. The normalized spacial score (nSPS) is 17.1. The van der Waals surface area contributed by atoms with Crippen LogP contribution in [-0.4, -0.2) is 44.3 Å². The third-order valence-electron chi connectivity index (χ3n) is 5.02. The van der Waals surface area contributed by atoms with E-state index in [1.165, 1.54) is 0 Å². The van der Waals surface area contributed by atoms with Crippen molar-refractivity contribution in [1.82, 2.24) is 25.1 Å². The molecule has 136 valence electrons. The van der Waals surface area contributed by atoms with Gasteiger partial charge in [-0.1, -0.05) is 0 Å². The van der Waals surface area contributed by atoms with Gasteiger partial charge in [0.15, 0.2) is 0 Å². The molecule has 1 fully saturated rings. The summed E-state index contributed by atoms with van der Waals surface area (Å²) in [6, 6.07) is 3.83. The Morgan fingerprint density at radius 2 is 2.15 bits per heavy atom. The van der Waals surface area contributed by atoms with Gasteiger partial charge in [-0.15, -0.1) is 16.4 Å². The van der Waals surface area contributed by atoms with E-state index in [-0.39, 0.29) is 6.10 Å². The van der Waals surface area contributed by atoms with E-state index in [2.05, 4.69) is 37.0 Å². The van der Waals surface area contributed by atoms with E-state index < -0.39 is 0 Å². The number of ether oxygens (including phenoxy) is 1. The Morgan fingerprint density at radius 3 is 3.00 bits per heavy atom. The smallest absolute Gasteiger partial charge is 0.150 e. The molecule has 1 aliphatic rings. The molecular weight excluding hydrogens is 360 g/mol. The summed E-state index contributed by atoms with van der Waals surface area (Å²) in [4.78, 5) is 16.4. The molecule has 5 rings (SSSR count). The van der Waals surface area contributed by atoms with Crippen LogP contribution in [0, 0.1) is 13.8 Å². The van der Waals surface area contributed by atoms with Gasteiger partial charge in [-0.25, -0.2) is 9.97 Å². The van der Waals surface area contributed by atoms with Crippen molar-refractivity contribution in [2.24, 2.45) is 0 Å². The molecule has 7 nitrogen and oxygen atoms in total. The number of aromatic nitrogens is 5. The number of anilines is 1. The van der Waals surface area contributed by atoms with Gasteiger partial charge in [0.05, 0.1) is 28.7 Å². The number of hydrogen-bond acceptors (Lipinski definition) is 8.